The SMILES string of the molecule is COc1cc(C=CC(=O)O)ccc1OCC(=O)N1CCOCC1. The summed E-state index contributed by atoms with van der Waals surface area (Å²) in [6.07, 6.45) is 2.49. The minimum Gasteiger partial charge on any atom is -0.493 e. The highest BCUT2D eigenvalue weighted by molar-refractivity contribution is 5.85. The van der Waals surface area contributed by atoms with Crippen molar-refractivity contribution in [1.82, 2.24) is 4.90 Å². The molecule has 1 aliphatic heterocycles. The number of carboxylic acids is 1. The first-order valence-corrected chi connectivity index (χ1v) is 7.17. The van der Waals surface area contributed by atoms with Crippen molar-refractivity contribution in [3.8, 4) is 11.5 Å². The van der Waals surface area contributed by atoms with Crippen LogP contribution in [0, 0.1) is 0 Å². The number of nitrogens with zero attached hydrogens (tertiary/aromatic N) is 1. The van der Waals surface area contributed by atoms with Gasteiger partial charge in [-0.25, -0.2) is 4.79 Å². The number of hydrogen-bond donors (Lipinski definition) is 1. The van der Waals surface area contributed by atoms with Gasteiger partial charge in [0.25, 0.3) is 5.91 Å². The summed E-state index contributed by atoms with van der Waals surface area (Å²) in [6, 6.07) is 4.98. The van der Waals surface area contributed by atoms with Crippen LogP contribution >= 0.6 is 0 Å². The van der Waals surface area contributed by atoms with E-state index in [1.165, 1.54) is 13.2 Å². The summed E-state index contributed by atoms with van der Waals surface area (Å²) < 4.78 is 15.9. The highest BCUT2D eigenvalue weighted by Crippen LogP contribution is 2.28. The second-order valence-corrected chi connectivity index (χ2v) is 4.86. The second kappa shape index (κ2) is 8.19. The molecule has 23 heavy (non-hydrogen) atoms. The number of carbonyl (C=O) groups excluding carboxylic acids is 1. The van der Waals surface area contributed by atoms with E-state index in [0.29, 0.717) is 43.4 Å². The number of amides is 1. The van der Waals surface area contributed by atoms with Crippen molar-refractivity contribution in [1.29, 1.82) is 0 Å². The number of carboxylic acid groups (broad SMARTS) is 1. The predicted molar refractivity (Wildman–Crippen MR) is 82.6 cm³/mol. The Morgan fingerprint density at radius 3 is 2.70 bits per heavy atom. The second-order valence-electron chi connectivity index (χ2n) is 4.86. The molecule has 7 heteroatoms. The van der Waals surface area contributed by atoms with Gasteiger partial charge in [0.15, 0.2) is 18.1 Å². The van der Waals surface area contributed by atoms with E-state index >= 15 is 0 Å². The lowest BCUT2D eigenvalue weighted by atomic mass is 10.2. The summed E-state index contributed by atoms with van der Waals surface area (Å²) in [4.78, 5) is 24.3. The van der Waals surface area contributed by atoms with Gasteiger partial charge in [-0.1, -0.05) is 6.07 Å². The first kappa shape index (κ1) is 16.8. The van der Waals surface area contributed by atoms with Crippen LogP contribution < -0.4 is 9.47 Å². The Bertz CT molecular complexity index is 592. The lowest BCUT2D eigenvalue weighted by Gasteiger charge is -2.26. The topological polar surface area (TPSA) is 85.3 Å². The summed E-state index contributed by atoms with van der Waals surface area (Å²) in [5.74, 6) is -0.264. The van der Waals surface area contributed by atoms with Crippen LogP contribution in [0.25, 0.3) is 6.08 Å². The summed E-state index contributed by atoms with van der Waals surface area (Å²) in [5.41, 5.74) is 0.663. The third-order valence-electron chi connectivity index (χ3n) is 3.32. The molecular formula is C16H19NO6. The van der Waals surface area contributed by atoms with E-state index in [0.717, 1.165) is 6.08 Å². The molecule has 0 aromatic heterocycles. The van der Waals surface area contributed by atoms with Gasteiger partial charge < -0.3 is 24.2 Å². The van der Waals surface area contributed by atoms with E-state index in [9.17, 15) is 9.59 Å². The Kier molecular flexibility index (Phi) is 5.99. The lowest BCUT2D eigenvalue weighted by molar-refractivity contribution is -0.137. The smallest absolute Gasteiger partial charge is 0.328 e. The molecular weight excluding hydrogens is 302 g/mol. The van der Waals surface area contributed by atoms with E-state index in [2.05, 4.69) is 0 Å². The molecule has 0 saturated carbocycles. The van der Waals surface area contributed by atoms with E-state index < -0.39 is 5.97 Å². The molecule has 1 saturated heterocycles. The van der Waals surface area contributed by atoms with E-state index in [1.54, 1.807) is 23.1 Å². The molecule has 1 fully saturated rings. The Labute approximate surface area is 134 Å². The molecule has 0 bridgehead atoms. The first-order chi connectivity index (χ1) is 11.1. The van der Waals surface area contributed by atoms with E-state index in [-0.39, 0.29) is 12.5 Å². The Hall–Kier alpha value is -2.54. The number of carbonyl (C=O) groups is 2. The third-order valence-corrected chi connectivity index (χ3v) is 3.32. The number of ether oxygens (including phenoxy) is 3. The summed E-state index contributed by atoms with van der Waals surface area (Å²) in [5, 5.41) is 8.63. The van der Waals surface area contributed by atoms with E-state index in [4.69, 9.17) is 19.3 Å². The average molecular weight is 321 g/mol. The van der Waals surface area contributed by atoms with Crippen LogP contribution in [-0.4, -0.2) is 61.9 Å². The molecule has 1 N–H and O–H groups in total. The molecule has 1 aromatic rings. The number of morpholine rings is 1. The van der Waals surface area contributed by atoms with Gasteiger partial charge in [-0.3, -0.25) is 4.79 Å². The van der Waals surface area contributed by atoms with Gasteiger partial charge in [-0.05, 0) is 23.8 Å². The molecule has 124 valence electrons. The fourth-order valence-electron chi connectivity index (χ4n) is 2.12. The molecule has 0 unspecified atom stereocenters. The Balaban J connectivity index is 1.98. The quantitative estimate of drug-likeness (QED) is 0.788. The number of aliphatic carboxylic acids is 1. The zero-order chi connectivity index (χ0) is 16.7. The normalized spacial score (nSPS) is 14.7. The molecule has 2 rings (SSSR count). The monoisotopic (exact) mass is 321 g/mol. The van der Waals surface area contributed by atoms with Crippen molar-refractivity contribution >= 4 is 18.0 Å². The largest absolute Gasteiger partial charge is 0.493 e. The summed E-state index contributed by atoms with van der Waals surface area (Å²) in [7, 11) is 1.48. The van der Waals surface area contributed by atoms with Crippen molar-refractivity contribution in [2.45, 2.75) is 0 Å². The van der Waals surface area contributed by atoms with Gasteiger partial charge in [0.1, 0.15) is 0 Å². The fourth-order valence-corrected chi connectivity index (χ4v) is 2.12. The highest BCUT2D eigenvalue weighted by Gasteiger charge is 2.17. The standard InChI is InChI=1S/C16H19NO6/c1-21-14-10-12(3-5-16(19)20)2-4-13(14)23-11-15(18)17-6-8-22-9-7-17/h2-5,10H,6-9,11H2,1H3,(H,19,20). The van der Waals surface area contributed by atoms with Crippen LogP contribution in [0.2, 0.25) is 0 Å². The lowest BCUT2D eigenvalue weighted by Crippen LogP contribution is -2.43. The van der Waals surface area contributed by atoms with Crippen LogP contribution in [0.1, 0.15) is 5.56 Å². The summed E-state index contributed by atoms with van der Waals surface area (Å²) in [6.45, 7) is 2.14. The first-order valence-electron chi connectivity index (χ1n) is 7.17. The Morgan fingerprint density at radius 2 is 2.04 bits per heavy atom. The molecule has 0 aliphatic carbocycles. The van der Waals surface area contributed by atoms with Crippen LogP contribution in [0.3, 0.4) is 0 Å². The summed E-state index contributed by atoms with van der Waals surface area (Å²) >= 11 is 0. The fraction of sp³-hybridized carbons (Fsp3) is 0.375. The molecule has 0 spiro atoms. The van der Waals surface area contributed by atoms with Crippen LogP contribution in [-0.2, 0) is 14.3 Å². The maximum Gasteiger partial charge on any atom is 0.328 e. The molecule has 1 amide bonds. The predicted octanol–water partition coefficient (Wildman–Crippen LogP) is 1.03. The van der Waals surface area contributed by atoms with Crippen molar-refractivity contribution in [3.63, 3.8) is 0 Å². The maximum atomic E-state index is 12.0. The zero-order valence-electron chi connectivity index (χ0n) is 12.9. The molecule has 0 radical (unpaired) electrons. The minimum atomic E-state index is -1.03. The van der Waals surface area contributed by atoms with Gasteiger partial charge in [-0.2, -0.15) is 0 Å². The number of rotatable bonds is 6. The van der Waals surface area contributed by atoms with Gasteiger partial charge in [0.05, 0.1) is 20.3 Å². The third kappa shape index (κ3) is 5.00. The molecule has 0 atom stereocenters. The van der Waals surface area contributed by atoms with Gasteiger partial charge >= 0.3 is 5.97 Å². The van der Waals surface area contributed by atoms with E-state index in [1.807, 2.05) is 0 Å². The van der Waals surface area contributed by atoms with Gasteiger partial charge in [0, 0.05) is 19.2 Å². The highest BCUT2D eigenvalue weighted by atomic mass is 16.5. The molecule has 1 aliphatic rings. The Morgan fingerprint density at radius 1 is 1.30 bits per heavy atom. The van der Waals surface area contributed by atoms with Crippen molar-refractivity contribution < 1.29 is 28.9 Å². The number of methoxy groups -OCH3 is 1. The van der Waals surface area contributed by atoms with Gasteiger partial charge in [-0.15, -0.1) is 0 Å². The average Bonchev–Trinajstić information content (AvgIpc) is 2.58. The van der Waals surface area contributed by atoms with Crippen LogP contribution in [0.15, 0.2) is 24.3 Å². The minimum absolute atomic E-state index is 0.0827. The molecule has 1 heterocycles. The van der Waals surface area contributed by atoms with Crippen molar-refractivity contribution in [3.05, 3.63) is 29.8 Å². The number of hydrogen-bond acceptors (Lipinski definition) is 5. The van der Waals surface area contributed by atoms with Crippen molar-refractivity contribution in [2.75, 3.05) is 40.0 Å². The maximum absolute atomic E-state index is 12.0. The number of benzene rings is 1. The van der Waals surface area contributed by atoms with Crippen molar-refractivity contribution in [2.24, 2.45) is 0 Å². The molecule has 7 nitrogen and oxygen atoms in total. The molecule has 1 aromatic carbocycles. The van der Waals surface area contributed by atoms with Crippen LogP contribution in [0.4, 0.5) is 0 Å². The van der Waals surface area contributed by atoms with Crippen LogP contribution in [0.5, 0.6) is 11.5 Å². The van der Waals surface area contributed by atoms with Gasteiger partial charge in [0.2, 0.25) is 0 Å². The zero-order valence-corrected chi connectivity index (χ0v) is 12.9.